The van der Waals surface area contributed by atoms with Crippen molar-refractivity contribution in [3.05, 3.63) is 81.7 Å². The first kappa shape index (κ1) is 24.6. The number of thiophene rings is 1. The van der Waals surface area contributed by atoms with Gasteiger partial charge in [0.2, 0.25) is 0 Å². The minimum Gasteiger partial charge on any atom is -0.496 e. The molecule has 180 valence electrons. The molecule has 0 aliphatic carbocycles. The van der Waals surface area contributed by atoms with Crippen LogP contribution in [-0.4, -0.2) is 52.9 Å². The number of aliphatic hydroxyl groups is 1. The van der Waals surface area contributed by atoms with Gasteiger partial charge in [-0.1, -0.05) is 54.5 Å². The molecule has 1 atom stereocenters. The zero-order valence-electron chi connectivity index (χ0n) is 19.4. The number of hydrogen-bond donors (Lipinski definition) is 2. The van der Waals surface area contributed by atoms with E-state index in [2.05, 4.69) is 10.9 Å². The van der Waals surface area contributed by atoms with Gasteiger partial charge in [0.1, 0.15) is 23.0 Å². The number of rotatable bonds is 11. The number of nitrogens with zero attached hydrogens (tertiary/aromatic N) is 2. The Balaban J connectivity index is 1.60. The fraction of sp³-hybridized carbons (Fsp3) is 0.259. The van der Waals surface area contributed by atoms with Crippen LogP contribution in [0, 0.1) is 12.3 Å². The maximum atomic E-state index is 13.2. The van der Waals surface area contributed by atoms with Gasteiger partial charge in [-0.2, -0.15) is 0 Å². The topological polar surface area (TPSA) is 87.7 Å². The molecular formula is C27H27N3O4S. The molecule has 0 radical (unpaired) electrons. The highest BCUT2D eigenvalue weighted by atomic mass is 32.1. The first-order valence-electron chi connectivity index (χ1n) is 11.2. The molecule has 0 spiro atoms. The smallest absolute Gasteiger partial charge is 0.260 e. The Hall–Kier alpha value is -3.48. The predicted octanol–water partition coefficient (Wildman–Crippen LogP) is 3.67. The second-order valence-electron chi connectivity index (χ2n) is 8.07. The standard InChI is InChI=1S/C27H27N3O4S/c1-3-13-34-17-20(31)15-30(14-19-9-5-4-6-10-19)16-24-28-26(32)25-22(18-35-27(25)29-24)21-11-7-8-12-23(21)33-2/h1,4-12,18,20,31H,13-17H2,2H3,(H,28,29,32)/t20-/m0/s1. The van der Waals surface area contributed by atoms with Gasteiger partial charge in [-0.15, -0.1) is 17.8 Å². The van der Waals surface area contributed by atoms with Gasteiger partial charge >= 0.3 is 0 Å². The van der Waals surface area contributed by atoms with Crippen molar-refractivity contribution in [3.63, 3.8) is 0 Å². The van der Waals surface area contributed by atoms with Gasteiger partial charge in [0.15, 0.2) is 0 Å². The van der Waals surface area contributed by atoms with Crippen molar-refractivity contribution in [2.75, 3.05) is 26.9 Å². The van der Waals surface area contributed by atoms with Crippen molar-refractivity contribution in [1.29, 1.82) is 0 Å². The van der Waals surface area contributed by atoms with E-state index in [0.717, 1.165) is 16.7 Å². The van der Waals surface area contributed by atoms with Crippen LogP contribution in [0.1, 0.15) is 11.4 Å². The number of para-hydroxylation sites is 1. The lowest BCUT2D eigenvalue weighted by atomic mass is 10.1. The monoisotopic (exact) mass is 489 g/mol. The van der Waals surface area contributed by atoms with Crippen molar-refractivity contribution >= 4 is 21.6 Å². The first-order chi connectivity index (χ1) is 17.1. The van der Waals surface area contributed by atoms with E-state index in [4.69, 9.17) is 20.9 Å². The van der Waals surface area contributed by atoms with Crippen molar-refractivity contribution in [2.45, 2.75) is 19.2 Å². The zero-order chi connectivity index (χ0) is 24.6. The van der Waals surface area contributed by atoms with Gasteiger partial charge in [-0.25, -0.2) is 4.98 Å². The molecule has 2 heterocycles. The second kappa shape index (κ2) is 11.8. The van der Waals surface area contributed by atoms with Crippen LogP contribution in [0.15, 0.2) is 64.8 Å². The van der Waals surface area contributed by atoms with Crippen molar-refractivity contribution < 1.29 is 14.6 Å². The van der Waals surface area contributed by atoms with Crippen LogP contribution in [0.2, 0.25) is 0 Å². The quantitative estimate of drug-likeness (QED) is 0.247. The first-order valence-corrected chi connectivity index (χ1v) is 12.1. The van der Waals surface area contributed by atoms with Gasteiger partial charge in [0.05, 0.1) is 31.8 Å². The molecule has 35 heavy (non-hydrogen) atoms. The van der Waals surface area contributed by atoms with Crippen LogP contribution in [-0.2, 0) is 17.8 Å². The second-order valence-corrected chi connectivity index (χ2v) is 8.93. The minimum absolute atomic E-state index is 0.131. The third kappa shape index (κ3) is 6.15. The summed E-state index contributed by atoms with van der Waals surface area (Å²) in [6.45, 7) is 1.54. The van der Waals surface area contributed by atoms with Crippen LogP contribution in [0.4, 0.5) is 0 Å². The zero-order valence-corrected chi connectivity index (χ0v) is 20.3. The number of aromatic amines is 1. The SMILES string of the molecule is C#CCOC[C@@H](O)CN(Cc1ccccc1)Cc1nc2scc(-c3ccccc3OC)c2c(=O)[nH]1. The minimum atomic E-state index is -0.735. The molecule has 0 aliphatic rings. The molecule has 8 heteroatoms. The molecule has 2 aromatic carbocycles. The Morgan fingerprint density at radius 1 is 1.14 bits per heavy atom. The maximum absolute atomic E-state index is 13.2. The molecule has 4 aromatic rings. The lowest BCUT2D eigenvalue weighted by Crippen LogP contribution is -2.35. The molecule has 0 bridgehead atoms. The average Bonchev–Trinajstić information content (AvgIpc) is 3.29. The highest BCUT2D eigenvalue weighted by molar-refractivity contribution is 7.17. The van der Waals surface area contributed by atoms with Crippen molar-refractivity contribution in [3.8, 4) is 29.2 Å². The number of nitrogens with one attached hydrogen (secondary N) is 1. The van der Waals surface area contributed by atoms with E-state index in [1.807, 2.05) is 64.9 Å². The van der Waals surface area contributed by atoms with E-state index >= 15 is 0 Å². The fourth-order valence-corrected chi connectivity index (χ4v) is 4.93. The average molecular weight is 490 g/mol. The summed E-state index contributed by atoms with van der Waals surface area (Å²) >= 11 is 1.42. The molecule has 2 aromatic heterocycles. The number of ether oxygens (including phenoxy) is 2. The predicted molar refractivity (Wildman–Crippen MR) is 138 cm³/mol. The molecule has 0 amide bonds. The molecule has 0 saturated heterocycles. The Morgan fingerprint density at radius 2 is 1.91 bits per heavy atom. The number of benzene rings is 2. The lowest BCUT2D eigenvalue weighted by molar-refractivity contribution is 0.0238. The third-order valence-electron chi connectivity index (χ3n) is 5.48. The summed E-state index contributed by atoms with van der Waals surface area (Å²) < 4.78 is 10.8. The van der Waals surface area contributed by atoms with Gasteiger partial charge in [-0.05, 0) is 11.6 Å². The van der Waals surface area contributed by atoms with E-state index in [-0.39, 0.29) is 18.8 Å². The van der Waals surface area contributed by atoms with Crippen LogP contribution in [0.5, 0.6) is 5.75 Å². The summed E-state index contributed by atoms with van der Waals surface area (Å²) in [5.74, 6) is 3.63. The Bertz CT molecular complexity index is 1360. The summed E-state index contributed by atoms with van der Waals surface area (Å²) in [7, 11) is 1.61. The van der Waals surface area contributed by atoms with E-state index in [0.29, 0.717) is 41.4 Å². The number of aliphatic hydroxyl groups excluding tert-OH is 1. The number of fused-ring (bicyclic) bond motifs is 1. The third-order valence-corrected chi connectivity index (χ3v) is 6.35. The Labute approximate surface area is 208 Å². The largest absolute Gasteiger partial charge is 0.496 e. The molecule has 2 N–H and O–H groups in total. The summed E-state index contributed by atoms with van der Waals surface area (Å²) in [6, 6.07) is 17.5. The lowest BCUT2D eigenvalue weighted by Gasteiger charge is -2.24. The number of terminal acetylenes is 1. The number of hydrogen-bond acceptors (Lipinski definition) is 7. The number of methoxy groups -OCH3 is 1. The molecule has 0 fully saturated rings. The van der Waals surface area contributed by atoms with Crippen LogP contribution >= 0.6 is 11.3 Å². The molecule has 0 saturated carbocycles. The highest BCUT2D eigenvalue weighted by Gasteiger charge is 2.18. The van der Waals surface area contributed by atoms with Crippen molar-refractivity contribution in [1.82, 2.24) is 14.9 Å². The molecule has 0 unspecified atom stereocenters. The number of H-pyrrole nitrogens is 1. The maximum Gasteiger partial charge on any atom is 0.260 e. The summed E-state index contributed by atoms with van der Waals surface area (Å²) in [4.78, 5) is 23.5. The van der Waals surface area contributed by atoms with Crippen LogP contribution in [0.3, 0.4) is 0 Å². The van der Waals surface area contributed by atoms with E-state index in [1.165, 1.54) is 11.3 Å². The van der Waals surface area contributed by atoms with Gasteiger partial charge in [-0.3, -0.25) is 9.69 Å². The molecule has 7 nitrogen and oxygen atoms in total. The van der Waals surface area contributed by atoms with E-state index < -0.39 is 6.10 Å². The van der Waals surface area contributed by atoms with Gasteiger partial charge in [0, 0.05) is 29.6 Å². The Kier molecular flexibility index (Phi) is 8.29. The van der Waals surface area contributed by atoms with Crippen molar-refractivity contribution in [2.24, 2.45) is 0 Å². The summed E-state index contributed by atoms with van der Waals surface area (Å²) in [5, 5.41) is 12.9. The normalized spacial score (nSPS) is 12.1. The number of aromatic nitrogens is 2. The van der Waals surface area contributed by atoms with Crippen LogP contribution in [0.25, 0.3) is 21.3 Å². The van der Waals surface area contributed by atoms with E-state index in [1.54, 1.807) is 7.11 Å². The summed E-state index contributed by atoms with van der Waals surface area (Å²) in [6.07, 6.45) is 4.49. The molecule has 4 rings (SSSR count). The van der Waals surface area contributed by atoms with Crippen LogP contribution < -0.4 is 10.3 Å². The molecule has 0 aliphatic heterocycles. The molecular weight excluding hydrogens is 462 g/mol. The van der Waals surface area contributed by atoms with Gasteiger partial charge in [0.25, 0.3) is 5.56 Å². The fourth-order valence-electron chi connectivity index (χ4n) is 3.98. The highest BCUT2D eigenvalue weighted by Crippen LogP contribution is 2.36. The van der Waals surface area contributed by atoms with E-state index in [9.17, 15) is 9.90 Å². The Morgan fingerprint density at radius 3 is 2.69 bits per heavy atom. The van der Waals surface area contributed by atoms with Gasteiger partial charge < -0.3 is 19.6 Å². The summed E-state index contributed by atoms with van der Waals surface area (Å²) in [5.41, 5.74) is 2.53.